The summed E-state index contributed by atoms with van der Waals surface area (Å²) in [6.07, 6.45) is 1.27. The van der Waals surface area contributed by atoms with E-state index in [4.69, 9.17) is 9.47 Å². The number of carbonyl (C=O) groups is 1. The first kappa shape index (κ1) is 18.8. The highest BCUT2D eigenvalue weighted by Gasteiger charge is 2.23. The van der Waals surface area contributed by atoms with Gasteiger partial charge in [-0.2, -0.15) is 0 Å². The van der Waals surface area contributed by atoms with Crippen LogP contribution in [0.5, 0.6) is 11.5 Å². The second-order valence-corrected chi connectivity index (χ2v) is 7.22. The highest BCUT2D eigenvalue weighted by Crippen LogP contribution is 2.34. The normalized spacial score (nSPS) is 13.3. The monoisotopic (exact) mass is 417 g/mol. The lowest BCUT2D eigenvalue weighted by Gasteiger charge is -2.30. The van der Waals surface area contributed by atoms with E-state index in [9.17, 15) is 4.79 Å². The van der Waals surface area contributed by atoms with Crippen molar-refractivity contribution in [3.63, 3.8) is 0 Å². The molecule has 1 aliphatic heterocycles. The number of amides is 1. The Hall–Kier alpha value is -2.01. The molecule has 0 spiro atoms. The van der Waals surface area contributed by atoms with Crippen LogP contribution in [-0.4, -0.2) is 30.6 Å². The standard InChI is InChI=1S/C21H24BrNO3/c1-3-25-19-12-16-9-10-23(14-17(16)13-20(19)26-4-2)21(24)11-15-5-7-18(22)8-6-15/h5-8,12-13H,3-4,9-11,14H2,1-2H3. The first-order valence-electron chi connectivity index (χ1n) is 9.04. The van der Waals surface area contributed by atoms with Crippen molar-refractivity contribution in [2.75, 3.05) is 19.8 Å². The van der Waals surface area contributed by atoms with Crippen LogP contribution in [0, 0.1) is 0 Å². The van der Waals surface area contributed by atoms with Crippen molar-refractivity contribution in [1.29, 1.82) is 0 Å². The van der Waals surface area contributed by atoms with E-state index < -0.39 is 0 Å². The van der Waals surface area contributed by atoms with Gasteiger partial charge in [0.2, 0.25) is 5.91 Å². The maximum Gasteiger partial charge on any atom is 0.227 e. The maximum absolute atomic E-state index is 12.7. The molecule has 2 aromatic carbocycles. The molecule has 0 N–H and O–H groups in total. The Morgan fingerprint density at radius 1 is 1.04 bits per heavy atom. The van der Waals surface area contributed by atoms with Crippen molar-refractivity contribution < 1.29 is 14.3 Å². The zero-order valence-electron chi connectivity index (χ0n) is 15.3. The predicted molar refractivity (Wildman–Crippen MR) is 106 cm³/mol. The third-order valence-electron chi connectivity index (χ3n) is 4.50. The predicted octanol–water partition coefficient (Wildman–Crippen LogP) is 4.37. The van der Waals surface area contributed by atoms with Crippen molar-refractivity contribution in [2.24, 2.45) is 0 Å². The van der Waals surface area contributed by atoms with Gasteiger partial charge >= 0.3 is 0 Å². The van der Waals surface area contributed by atoms with Gasteiger partial charge in [0, 0.05) is 17.6 Å². The Morgan fingerprint density at radius 2 is 1.65 bits per heavy atom. The van der Waals surface area contributed by atoms with Gasteiger partial charge in [-0.25, -0.2) is 0 Å². The molecule has 1 aliphatic rings. The Balaban J connectivity index is 1.74. The fourth-order valence-electron chi connectivity index (χ4n) is 3.20. The fraction of sp³-hybridized carbons (Fsp3) is 0.381. The number of rotatable bonds is 6. The van der Waals surface area contributed by atoms with Crippen molar-refractivity contribution in [3.8, 4) is 11.5 Å². The largest absolute Gasteiger partial charge is 0.490 e. The summed E-state index contributed by atoms with van der Waals surface area (Å²) >= 11 is 3.43. The Morgan fingerprint density at radius 3 is 2.27 bits per heavy atom. The molecule has 0 aliphatic carbocycles. The average molecular weight is 418 g/mol. The van der Waals surface area contributed by atoms with Gasteiger partial charge in [-0.3, -0.25) is 4.79 Å². The smallest absolute Gasteiger partial charge is 0.227 e. The number of ether oxygens (including phenoxy) is 2. The molecule has 4 nitrogen and oxygen atoms in total. The van der Waals surface area contributed by atoms with Crippen LogP contribution in [0.1, 0.15) is 30.5 Å². The van der Waals surface area contributed by atoms with Crippen molar-refractivity contribution in [2.45, 2.75) is 33.2 Å². The fourth-order valence-corrected chi connectivity index (χ4v) is 3.47. The van der Waals surface area contributed by atoms with Gasteiger partial charge in [0.25, 0.3) is 0 Å². The molecule has 5 heteroatoms. The molecule has 1 amide bonds. The second kappa shape index (κ2) is 8.58. The summed E-state index contributed by atoms with van der Waals surface area (Å²) < 4.78 is 12.5. The quantitative estimate of drug-likeness (QED) is 0.699. The number of hydrogen-bond donors (Lipinski definition) is 0. The van der Waals surface area contributed by atoms with Crippen LogP contribution in [-0.2, 0) is 24.2 Å². The summed E-state index contributed by atoms with van der Waals surface area (Å²) in [4.78, 5) is 14.6. The molecule has 0 atom stereocenters. The average Bonchev–Trinajstić information content (AvgIpc) is 2.64. The summed E-state index contributed by atoms with van der Waals surface area (Å²) in [6, 6.07) is 12.0. The van der Waals surface area contributed by atoms with Gasteiger partial charge < -0.3 is 14.4 Å². The summed E-state index contributed by atoms with van der Waals surface area (Å²) in [6.45, 7) is 6.49. The molecule has 0 unspecified atom stereocenters. The molecule has 26 heavy (non-hydrogen) atoms. The number of benzene rings is 2. The van der Waals surface area contributed by atoms with Crippen LogP contribution >= 0.6 is 15.9 Å². The van der Waals surface area contributed by atoms with Crippen molar-refractivity contribution in [3.05, 3.63) is 57.6 Å². The van der Waals surface area contributed by atoms with Crippen LogP contribution < -0.4 is 9.47 Å². The Kier molecular flexibility index (Phi) is 6.20. The van der Waals surface area contributed by atoms with Gasteiger partial charge in [-0.05, 0) is 61.2 Å². The van der Waals surface area contributed by atoms with Crippen LogP contribution in [0.2, 0.25) is 0 Å². The van der Waals surface area contributed by atoms with Crippen LogP contribution in [0.3, 0.4) is 0 Å². The number of hydrogen-bond acceptors (Lipinski definition) is 3. The van der Waals surface area contributed by atoms with Gasteiger partial charge in [-0.15, -0.1) is 0 Å². The van der Waals surface area contributed by atoms with Crippen LogP contribution in [0.15, 0.2) is 40.9 Å². The molecule has 2 aromatic rings. The summed E-state index contributed by atoms with van der Waals surface area (Å²) in [5, 5.41) is 0. The molecule has 3 rings (SSSR count). The van der Waals surface area contributed by atoms with E-state index >= 15 is 0 Å². The third-order valence-corrected chi connectivity index (χ3v) is 5.03. The molecule has 1 heterocycles. The first-order chi connectivity index (χ1) is 12.6. The van der Waals surface area contributed by atoms with Crippen molar-refractivity contribution >= 4 is 21.8 Å². The van der Waals surface area contributed by atoms with E-state index in [-0.39, 0.29) is 5.91 Å². The lowest BCUT2D eigenvalue weighted by Crippen LogP contribution is -2.37. The summed E-state index contributed by atoms with van der Waals surface area (Å²) in [7, 11) is 0. The molecule has 0 saturated carbocycles. The van der Waals surface area contributed by atoms with E-state index in [2.05, 4.69) is 22.0 Å². The molecule has 0 aromatic heterocycles. The Labute approximate surface area is 163 Å². The zero-order valence-corrected chi connectivity index (χ0v) is 16.8. The summed E-state index contributed by atoms with van der Waals surface area (Å²) in [5.41, 5.74) is 3.42. The minimum absolute atomic E-state index is 0.157. The van der Waals surface area contributed by atoms with E-state index in [1.807, 2.05) is 49.1 Å². The molecule has 0 radical (unpaired) electrons. The van der Waals surface area contributed by atoms with Gasteiger partial charge in [0.15, 0.2) is 11.5 Å². The van der Waals surface area contributed by atoms with E-state index in [0.717, 1.165) is 40.1 Å². The number of fused-ring (bicyclic) bond motifs is 1. The lowest BCUT2D eigenvalue weighted by atomic mass is 9.98. The molecule has 0 bridgehead atoms. The lowest BCUT2D eigenvalue weighted by molar-refractivity contribution is -0.131. The third kappa shape index (κ3) is 4.39. The number of carbonyl (C=O) groups excluding carboxylic acids is 1. The SMILES string of the molecule is CCOc1cc2c(cc1OCC)CN(C(=O)Cc1ccc(Br)cc1)CC2. The van der Waals surface area contributed by atoms with Crippen molar-refractivity contribution in [1.82, 2.24) is 4.90 Å². The first-order valence-corrected chi connectivity index (χ1v) is 9.83. The number of nitrogens with zero attached hydrogens (tertiary/aromatic N) is 1. The van der Waals surface area contributed by atoms with Crippen LogP contribution in [0.4, 0.5) is 0 Å². The summed E-state index contributed by atoms with van der Waals surface area (Å²) in [5.74, 6) is 1.71. The molecule has 138 valence electrons. The van der Waals surface area contributed by atoms with Gasteiger partial charge in [0.05, 0.1) is 19.6 Å². The minimum Gasteiger partial charge on any atom is -0.490 e. The highest BCUT2D eigenvalue weighted by molar-refractivity contribution is 9.10. The van der Waals surface area contributed by atoms with E-state index in [1.54, 1.807) is 0 Å². The second-order valence-electron chi connectivity index (χ2n) is 6.30. The minimum atomic E-state index is 0.157. The van der Waals surface area contributed by atoms with Crippen LogP contribution in [0.25, 0.3) is 0 Å². The molecule has 0 fully saturated rings. The molecular formula is C21H24BrNO3. The number of halogens is 1. The Bertz CT molecular complexity index is 774. The maximum atomic E-state index is 12.7. The highest BCUT2D eigenvalue weighted by atomic mass is 79.9. The topological polar surface area (TPSA) is 38.8 Å². The zero-order chi connectivity index (χ0) is 18.5. The van der Waals surface area contributed by atoms with Gasteiger partial charge in [-0.1, -0.05) is 28.1 Å². The molecule has 0 saturated heterocycles. The van der Waals surface area contributed by atoms with E-state index in [1.165, 1.54) is 5.56 Å². The molecular weight excluding hydrogens is 394 g/mol. The van der Waals surface area contributed by atoms with Gasteiger partial charge in [0.1, 0.15) is 0 Å². The van der Waals surface area contributed by atoms with E-state index in [0.29, 0.717) is 26.2 Å².